The Labute approximate surface area is 75.6 Å². The van der Waals surface area contributed by atoms with Gasteiger partial charge in [-0.25, -0.2) is 0 Å². The molecule has 0 aromatic heterocycles. The second kappa shape index (κ2) is 2.32. The van der Waals surface area contributed by atoms with Crippen LogP contribution in [-0.4, -0.2) is 5.16 Å². The molecule has 4 rings (SSSR count). The molecule has 0 aromatic carbocycles. The molecular formula is C10H16NP. The van der Waals surface area contributed by atoms with Crippen molar-refractivity contribution in [3.63, 3.8) is 0 Å². The smallest absolute Gasteiger partial charge is 0.0301 e. The predicted octanol–water partition coefficient (Wildman–Crippen LogP) is 3.66. The van der Waals surface area contributed by atoms with Gasteiger partial charge in [-0.05, 0) is 56.3 Å². The third-order valence-electron chi connectivity index (χ3n) is 4.24. The monoisotopic (exact) mass is 181 g/mol. The molecule has 12 heavy (non-hydrogen) atoms. The minimum atomic E-state index is 0.481. The molecule has 0 aliphatic heterocycles. The molecule has 4 aliphatic carbocycles. The molecule has 0 spiro atoms. The van der Waals surface area contributed by atoms with Crippen LogP contribution in [0.1, 0.15) is 38.5 Å². The van der Waals surface area contributed by atoms with E-state index < -0.39 is 0 Å². The van der Waals surface area contributed by atoms with Crippen LogP contribution in [-0.2, 0) is 0 Å². The lowest BCUT2D eigenvalue weighted by Crippen LogP contribution is -2.47. The zero-order chi connectivity index (χ0) is 8.18. The standard InChI is InChI=1S/C10H16NP/c11-12-10-4-7-1-8(5-10)3-9(2-7)6-10/h7-9,11H,1-6H2. The maximum atomic E-state index is 7.65. The van der Waals surface area contributed by atoms with Crippen molar-refractivity contribution in [1.82, 2.24) is 0 Å². The molecule has 0 amide bonds. The molecule has 4 bridgehead atoms. The summed E-state index contributed by atoms with van der Waals surface area (Å²) in [5.74, 6) is 3.07. The Hall–Kier alpha value is 0.100. The summed E-state index contributed by atoms with van der Waals surface area (Å²) >= 11 is 0. The Morgan fingerprint density at radius 2 is 1.33 bits per heavy atom. The zero-order valence-electron chi connectivity index (χ0n) is 7.42. The maximum absolute atomic E-state index is 7.65. The fourth-order valence-electron chi connectivity index (χ4n) is 4.20. The van der Waals surface area contributed by atoms with Crippen LogP contribution in [0.25, 0.3) is 0 Å². The van der Waals surface area contributed by atoms with Crippen LogP contribution in [0.15, 0.2) is 0 Å². The predicted molar refractivity (Wildman–Crippen MR) is 50.5 cm³/mol. The van der Waals surface area contributed by atoms with Crippen LogP contribution in [0.4, 0.5) is 0 Å². The third kappa shape index (κ3) is 0.923. The SMILES string of the molecule is N=PC12CC3CC(CC(C3)C1)C2. The Morgan fingerprint density at radius 3 is 1.67 bits per heavy atom. The van der Waals surface area contributed by atoms with E-state index in [1.165, 1.54) is 38.5 Å². The molecule has 0 aromatic rings. The van der Waals surface area contributed by atoms with Crippen LogP contribution in [0, 0.1) is 22.9 Å². The van der Waals surface area contributed by atoms with Crippen LogP contribution in [0.2, 0.25) is 0 Å². The molecule has 4 saturated carbocycles. The van der Waals surface area contributed by atoms with E-state index in [1.54, 1.807) is 0 Å². The zero-order valence-corrected chi connectivity index (χ0v) is 8.32. The molecule has 66 valence electrons. The van der Waals surface area contributed by atoms with Gasteiger partial charge >= 0.3 is 0 Å². The quantitative estimate of drug-likeness (QED) is 0.597. The lowest BCUT2D eigenvalue weighted by Gasteiger charge is -2.54. The van der Waals surface area contributed by atoms with E-state index in [1.807, 2.05) is 0 Å². The van der Waals surface area contributed by atoms with Crippen molar-refractivity contribution >= 4 is 8.37 Å². The third-order valence-corrected chi connectivity index (χ3v) is 5.27. The summed E-state index contributed by atoms with van der Waals surface area (Å²) in [4.78, 5) is 0. The molecule has 0 unspecified atom stereocenters. The first-order chi connectivity index (χ1) is 5.80. The van der Waals surface area contributed by atoms with Crippen LogP contribution in [0.5, 0.6) is 0 Å². The van der Waals surface area contributed by atoms with Crippen molar-refractivity contribution in [2.75, 3.05) is 0 Å². The molecule has 4 fully saturated rings. The van der Waals surface area contributed by atoms with Gasteiger partial charge in [0.25, 0.3) is 0 Å². The van der Waals surface area contributed by atoms with E-state index in [9.17, 15) is 0 Å². The van der Waals surface area contributed by atoms with E-state index in [2.05, 4.69) is 0 Å². The van der Waals surface area contributed by atoms with E-state index >= 15 is 0 Å². The molecule has 0 atom stereocenters. The Kier molecular flexibility index (Phi) is 1.45. The summed E-state index contributed by atoms with van der Waals surface area (Å²) in [6, 6.07) is 0. The fourth-order valence-corrected chi connectivity index (χ4v) is 5.25. The highest BCUT2D eigenvalue weighted by Gasteiger charge is 2.50. The lowest BCUT2D eigenvalue weighted by atomic mass is 9.56. The Balaban J connectivity index is 1.95. The molecule has 2 heteroatoms. The maximum Gasteiger partial charge on any atom is 0.0301 e. The van der Waals surface area contributed by atoms with E-state index in [0.29, 0.717) is 5.16 Å². The Bertz CT molecular complexity index is 189. The largest absolute Gasteiger partial charge is 0.283 e. The van der Waals surface area contributed by atoms with Crippen molar-refractivity contribution < 1.29 is 0 Å². The fraction of sp³-hybridized carbons (Fsp3) is 1.00. The van der Waals surface area contributed by atoms with Gasteiger partial charge in [-0.15, -0.1) is 0 Å². The van der Waals surface area contributed by atoms with E-state index in [-0.39, 0.29) is 0 Å². The summed E-state index contributed by atoms with van der Waals surface area (Å²) in [5.41, 5.74) is 0. The van der Waals surface area contributed by atoms with Gasteiger partial charge in [0, 0.05) is 13.5 Å². The van der Waals surface area contributed by atoms with E-state index in [4.69, 9.17) is 5.16 Å². The number of nitrogens with one attached hydrogen (secondary N) is 1. The van der Waals surface area contributed by atoms with Gasteiger partial charge in [-0.2, -0.15) is 0 Å². The van der Waals surface area contributed by atoms with Gasteiger partial charge in [0.05, 0.1) is 0 Å². The number of hydrogen-bond acceptors (Lipinski definition) is 1. The molecule has 1 N–H and O–H groups in total. The summed E-state index contributed by atoms with van der Waals surface area (Å²) < 4.78 is 0. The van der Waals surface area contributed by atoms with Crippen LogP contribution >= 0.6 is 8.37 Å². The van der Waals surface area contributed by atoms with Crippen molar-refractivity contribution in [3.05, 3.63) is 0 Å². The first-order valence-corrected chi connectivity index (χ1v) is 6.08. The van der Waals surface area contributed by atoms with Crippen molar-refractivity contribution in [2.45, 2.75) is 43.7 Å². The van der Waals surface area contributed by atoms with E-state index in [0.717, 1.165) is 26.1 Å². The van der Waals surface area contributed by atoms with Gasteiger partial charge in [-0.3, -0.25) is 5.16 Å². The summed E-state index contributed by atoms with van der Waals surface area (Å²) in [5, 5.41) is 8.13. The molecule has 1 nitrogen and oxygen atoms in total. The molecule has 0 saturated heterocycles. The van der Waals surface area contributed by atoms with Gasteiger partial charge in [0.2, 0.25) is 0 Å². The highest BCUT2D eigenvalue weighted by Crippen LogP contribution is 2.60. The van der Waals surface area contributed by atoms with Gasteiger partial charge in [0.15, 0.2) is 0 Å². The average molecular weight is 181 g/mol. The van der Waals surface area contributed by atoms with Crippen molar-refractivity contribution in [2.24, 2.45) is 17.8 Å². The second-order valence-corrected chi connectivity index (χ2v) is 6.43. The highest BCUT2D eigenvalue weighted by atomic mass is 31.1. The minimum absolute atomic E-state index is 0.481. The average Bonchev–Trinajstić information content (AvgIpc) is 2.02. The molecular weight excluding hydrogens is 165 g/mol. The first kappa shape index (κ1) is 7.50. The second-order valence-electron chi connectivity index (χ2n) is 5.25. The first-order valence-electron chi connectivity index (χ1n) is 5.18. The lowest BCUT2D eigenvalue weighted by molar-refractivity contribution is 0.0371. The molecule has 4 aliphatic rings. The summed E-state index contributed by atoms with van der Waals surface area (Å²) in [6.07, 6.45) is 8.70. The number of hydrogen-bond donors (Lipinski definition) is 1. The minimum Gasteiger partial charge on any atom is -0.283 e. The molecule has 0 heterocycles. The summed E-state index contributed by atoms with van der Waals surface area (Å²) in [7, 11) is 0.957. The molecule has 0 radical (unpaired) electrons. The Morgan fingerprint density at radius 1 is 0.917 bits per heavy atom. The topological polar surface area (TPSA) is 23.9 Å². The van der Waals surface area contributed by atoms with Crippen LogP contribution in [0.3, 0.4) is 0 Å². The van der Waals surface area contributed by atoms with Gasteiger partial charge in [0.1, 0.15) is 0 Å². The normalized spacial score (nSPS) is 56.5. The van der Waals surface area contributed by atoms with Crippen molar-refractivity contribution in [3.8, 4) is 0 Å². The van der Waals surface area contributed by atoms with Gasteiger partial charge in [-0.1, -0.05) is 0 Å². The van der Waals surface area contributed by atoms with Gasteiger partial charge < -0.3 is 0 Å². The van der Waals surface area contributed by atoms with Crippen molar-refractivity contribution in [1.29, 1.82) is 5.16 Å². The summed E-state index contributed by atoms with van der Waals surface area (Å²) in [6.45, 7) is 0. The van der Waals surface area contributed by atoms with Crippen LogP contribution < -0.4 is 0 Å². The highest BCUT2D eigenvalue weighted by molar-refractivity contribution is 7.27. The number of rotatable bonds is 1.